The normalized spacial score (nSPS) is 20.9. The molecule has 0 spiro atoms. The predicted octanol–water partition coefficient (Wildman–Crippen LogP) is 0.760. The summed E-state index contributed by atoms with van der Waals surface area (Å²) in [6.45, 7) is 0. The summed E-state index contributed by atoms with van der Waals surface area (Å²) < 4.78 is 0. The molecule has 0 saturated heterocycles. The minimum atomic E-state index is 0.0603. The van der Waals surface area contributed by atoms with Gasteiger partial charge in [-0.15, -0.1) is 0 Å². The van der Waals surface area contributed by atoms with Crippen molar-refractivity contribution in [3.8, 4) is 5.88 Å². The topological polar surface area (TPSA) is 71.5 Å². The van der Waals surface area contributed by atoms with Gasteiger partial charge in [0.2, 0.25) is 5.88 Å². The fraction of sp³-hybridized carbons (Fsp3) is 0.333. The SMILES string of the molecule is NC1=NC(Cc2ccnc(O)c2)CS1. The van der Waals surface area contributed by atoms with Crippen molar-refractivity contribution < 1.29 is 5.11 Å². The van der Waals surface area contributed by atoms with Crippen LogP contribution in [-0.4, -0.2) is 27.1 Å². The van der Waals surface area contributed by atoms with E-state index in [0.717, 1.165) is 17.7 Å². The summed E-state index contributed by atoms with van der Waals surface area (Å²) in [6, 6.07) is 3.78. The van der Waals surface area contributed by atoms with Crippen molar-refractivity contribution in [1.29, 1.82) is 0 Å². The Morgan fingerprint density at radius 2 is 2.50 bits per heavy atom. The Hall–Kier alpha value is -1.23. The molecule has 1 aromatic heterocycles. The molecule has 1 aromatic rings. The van der Waals surface area contributed by atoms with Crippen molar-refractivity contribution in [3.63, 3.8) is 0 Å². The van der Waals surface area contributed by atoms with E-state index < -0.39 is 0 Å². The van der Waals surface area contributed by atoms with Gasteiger partial charge in [-0.2, -0.15) is 0 Å². The third-order valence-electron chi connectivity index (χ3n) is 2.01. The Balaban J connectivity index is 2.04. The summed E-state index contributed by atoms with van der Waals surface area (Å²) in [6.07, 6.45) is 2.41. The zero-order valence-electron chi connectivity index (χ0n) is 7.55. The number of hydrogen-bond donors (Lipinski definition) is 2. The smallest absolute Gasteiger partial charge is 0.210 e. The number of thioether (sulfide) groups is 1. The van der Waals surface area contributed by atoms with Gasteiger partial charge in [-0.3, -0.25) is 4.99 Å². The summed E-state index contributed by atoms with van der Waals surface area (Å²) in [5.74, 6) is 0.986. The van der Waals surface area contributed by atoms with Crippen molar-refractivity contribution in [2.45, 2.75) is 12.5 Å². The van der Waals surface area contributed by atoms with Crippen LogP contribution in [0.25, 0.3) is 0 Å². The Bertz CT molecular complexity index is 367. The highest BCUT2D eigenvalue weighted by molar-refractivity contribution is 8.14. The number of hydrogen-bond acceptors (Lipinski definition) is 5. The minimum Gasteiger partial charge on any atom is -0.493 e. The molecule has 0 aromatic carbocycles. The average Bonchev–Trinajstić information content (AvgIpc) is 2.51. The molecule has 1 unspecified atom stereocenters. The first-order valence-corrected chi connectivity index (χ1v) is 5.32. The van der Waals surface area contributed by atoms with Crippen LogP contribution >= 0.6 is 11.8 Å². The van der Waals surface area contributed by atoms with E-state index in [1.165, 1.54) is 0 Å². The zero-order valence-corrected chi connectivity index (χ0v) is 8.37. The number of pyridine rings is 1. The van der Waals surface area contributed by atoms with Crippen molar-refractivity contribution in [1.82, 2.24) is 4.98 Å². The molecule has 0 amide bonds. The largest absolute Gasteiger partial charge is 0.493 e. The first kappa shape index (κ1) is 9.33. The Morgan fingerprint density at radius 3 is 3.14 bits per heavy atom. The second-order valence-electron chi connectivity index (χ2n) is 3.16. The molecule has 4 nitrogen and oxygen atoms in total. The van der Waals surface area contributed by atoms with Gasteiger partial charge in [0.25, 0.3) is 0 Å². The molecule has 2 rings (SSSR count). The maximum absolute atomic E-state index is 9.16. The molecule has 0 radical (unpaired) electrons. The highest BCUT2D eigenvalue weighted by Crippen LogP contribution is 2.19. The number of aromatic hydroxyl groups is 1. The van der Waals surface area contributed by atoms with Gasteiger partial charge in [-0.05, 0) is 18.1 Å². The fourth-order valence-corrected chi connectivity index (χ4v) is 2.18. The lowest BCUT2D eigenvalue weighted by Crippen LogP contribution is -2.08. The molecule has 3 N–H and O–H groups in total. The molecule has 0 bridgehead atoms. The van der Waals surface area contributed by atoms with E-state index in [-0.39, 0.29) is 11.9 Å². The number of nitrogens with zero attached hydrogens (tertiary/aromatic N) is 2. The molecule has 0 saturated carbocycles. The maximum atomic E-state index is 9.16. The van der Waals surface area contributed by atoms with Crippen molar-refractivity contribution in [3.05, 3.63) is 23.9 Å². The van der Waals surface area contributed by atoms with Gasteiger partial charge >= 0.3 is 0 Å². The Labute approximate surface area is 86.3 Å². The van der Waals surface area contributed by atoms with Crippen molar-refractivity contribution >= 4 is 16.9 Å². The van der Waals surface area contributed by atoms with Crippen molar-refractivity contribution in [2.75, 3.05) is 5.75 Å². The standard InChI is InChI=1S/C9H11N3OS/c10-9-12-7(5-14-9)3-6-1-2-11-8(13)4-6/h1-2,4,7H,3,5H2,(H2,10,12)(H,11,13). The molecule has 2 heterocycles. The fourth-order valence-electron chi connectivity index (χ4n) is 1.40. The molecule has 0 fully saturated rings. The van der Waals surface area contributed by atoms with E-state index in [0.29, 0.717) is 5.17 Å². The quantitative estimate of drug-likeness (QED) is 0.754. The van der Waals surface area contributed by atoms with E-state index in [4.69, 9.17) is 10.8 Å². The summed E-state index contributed by atoms with van der Waals surface area (Å²) >= 11 is 1.58. The number of amidine groups is 1. The molecule has 74 valence electrons. The van der Waals surface area contributed by atoms with Crippen LogP contribution in [0.15, 0.2) is 23.3 Å². The number of nitrogens with two attached hydrogens (primary N) is 1. The number of aliphatic imine (C=N–C) groups is 1. The first-order valence-electron chi connectivity index (χ1n) is 4.34. The summed E-state index contributed by atoms with van der Waals surface area (Å²) in [5, 5.41) is 9.82. The summed E-state index contributed by atoms with van der Waals surface area (Å²) in [5.41, 5.74) is 6.60. The lowest BCUT2D eigenvalue weighted by atomic mass is 10.1. The second-order valence-corrected chi connectivity index (χ2v) is 4.20. The van der Waals surface area contributed by atoms with E-state index in [1.807, 2.05) is 6.07 Å². The lowest BCUT2D eigenvalue weighted by molar-refractivity contribution is 0.452. The van der Waals surface area contributed by atoms with Crippen LogP contribution in [0.3, 0.4) is 0 Å². The zero-order chi connectivity index (χ0) is 9.97. The lowest BCUT2D eigenvalue weighted by Gasteiger charge is -2.05. The van der Waals surface area contributed by atoms with E-state index in [1.54, 1.807) is 24.0 Å². The first-order chi connectivity index (χ1) is 6.74. The van der Waals surface area contributed by atoms with Gasteiger partial charge < -0.3 is 10.8 Å². The van der Waals surface area contributed by atoms with Crippen LogP contribution < -0.4 is 5.73 Å². The Morgan fingerprint density at radius 1 is 1.64 bits per heavy atom. The predicted molar refractivity (Wildman–Crippen MR) is 57.5 cm³/mol. The van der Waals surface area contributed by atoms with E-state index >= 15 is 0 Å². The van der Waals surface area contributed by atoms with Gasteiger partial charge in [0, 0.05) is 18.0 Å². The molecule has 1 atom stereocenters. The molecule has 0 aliphatic carbocycles. The highest BCUT2D eigenvalue weighted by Gasteiger charge is 2.16. The highest BCUT2D eigenvalue weighted by atomic mass is 32.2. The van der Waals surface area contributed by atoms with Crippen LogP contribution in [0.5, 0.6) is 5.88 Å². The van der Waals surface area contributed by atoms with Gasteiger partial charge in [-0.1, -0.05) is 11.8 Å². The third-order valence-corrected chi connectivity index (χ3v) is 2.97. The van der Waals surface area contributed by atoms with Crippen LogP contribution in [-0.2, 0) is 6.42 Å². The van der Waals surface area contributed by atoms with E-state index in [2.05, 4.69) is 9.98 Å². The van der Waals surface area contributed by atoms with Crippen LogP contribution in [0.1, 0.15) is 5.56 Å². The average molecular weight is 209 g/mol. The van der Waals surface area contributed by atoms with Crippen LogP contribution in [0, 0.1) is 0 Å². The molecular formula is C9H11N3OS. The van der Waals surface area contributed by atoms with Crippen LogP contribution in [0.2, 0.25) is 0 Å². The number of rotatable bonds is 2. The monoisotopic (exact) mass is 209 g/mol. The molecular weight excluding hydrogens is 198 g/mol. The molecule has 1 aliphatic heterocycles. The third kappa shape index (κ3) is 2.17. The van der Waals surface area contributed by atoms with Gasteiger partial charge in [0.15, 0.2) is 5.17 Å². The van der Waals surface area contributed by atoms with Crippen molar-refractivity contribution in [2.24, 2.45) is 10.7 Å². The van der Waals surface area contributed by atoms with Gasteiger partial charge in [-0.25, -0.2) is 4.98 Å². The summed E-state index contributed by atoms with van der Waals surface area (Å²) in [4.78, 5) is 7.99. The van der Waals surface area contributed by atoms with Gasteiger partial charge in [0.1, 0.15) is 0 Å². The molecule has 14 heavy (non-hydrogen) atoms. The van der Waals surface area contributed by atoms with Gasteiger partial charge in [0.05, 0.1) is 6.04 Å². The molecule has 1 aliphatic rings. The second kappa shape index (κ2) is 3.88. The minimum absolute atomic E-state index is 0.0603. The number of aromatic nitrogens is 1. The maximum Gasteiger partial charge on any atom is 0.210 e. The van der Waals surface area contributed by atoms with Crippen LogP contribution in [0.4, 0.5) is 0 Å². The Kier molecular flexibility index (Phi) is 2.58. The van der Waals surface area contributed by atoms with E-state index in [9.17, 15) is 0 Å². The summed E-state index contributed by atoms with van der Waals surface area (Å²) in [7, 11) is 0. The molecule has 5 heteroatoms.